The van der Waals surface area contributed by atoms with Gasteiger partial charge in [0.2, 0.25) is 0 Å². The van der Waals surface area contributed by atoms with Crippen LogP contribution >= 0.6 is 0 Å². The van der Waals surface area contributed by atoms with Gasteiger partial charge in [0.25, 0.3) is 0 Å². The molecule has 21 atom stereocenters. The molecule has 0 aromatic rings. The number of hydrogen-bond acceptors (Lipinski definition) is 1. The van der Waals surface area contributed by atoms with Crippen LogP contribution in [0.4, 0.5) is 0 Å². The molecule has 0 heterocycles. The molecule has 0 radical (unpaired) electrons. The summed E-state index contributed by atoms with van der Waals surface area (Å²) in [7, 11) is 0. The summed E-state index contributed by atoms with van der Waals surface area (Å²) in [6.45, 7) is 0. The zero-order valence-corrected chi connectivity index (χ0v) is 64.0. The second-order valence-electron chi connectivity index (χ2n) is 42.5. The number of fused-ring (bicyclic) bond motifs is 6. The van der Waals surface area contributed by atoms with E-state index in [1.807, 2.05) is 0 Å². The van der Waals surface area contributed by atoms with Gasteiger partial charge in [0.1, 0.15) is 0 Å². The normalized spacial score (nSPS) is 49.3. The first kappa shape index (κ1) is 68.7. The van der Waals surface area contributed by atoms with Gasteiger partial charge in [0, 0.05) is 18.1 Å². The third-order valence-corrected chi connectivity index (χ3v) is 39.2. The maximum atomic E-state index is 3.56. The minimum atomic E-state index is 0.905. The predicted molar refractivity (Wildman–Crippen MR) is 409 cm³/mol. The van der Waals surface area contributed by atoms with Crippen LogP contribution in [0.2, 0.25) is 0 Å². The zero-order valence-electron chi connectivity index (χ0n) is 64.0. The molecule has 18 fully saturated rings. The zero-order chi connectivity index (χ0) is 64.2. The molecule has 97 heavy (non-hydrogen) atoms. The Morgan fingerprint density at radius 1 is 0.113 bits per heavy atom. The van der Waals surface area contributed by atoms with Crippen LogP contribution in [0, 0.1) is 178 Å². The van der Waals surface area contributed by atoms with Crippen molar-refractivity contribution in [2.24, 2.45) is 178 Å². The van der Waals surface area contributed by atoms with Crippen LogP contribution in [0.3, 0.4) is 0 Å². The van der Waals surface area contributed by atoms with Crippen molar-refractivity contribution in [3.8, 4) is 0 Å². The highest BCUT2D eigenvalue weighted by atomic mass is 15.2. The summed E-state index contributed by atoms with van der Waals surface area (Å²) in [6, 6.07) is 2.71. The molecule has 18 aliphatic rings. The van der Waals surface area contributed by atoms with Crippen LogP contribution in [0.5, 0.6) is 0 Å². The average Bonchev–Trinajstić information content (AvgIpc) is 0.750. The smallest absolute Gasteiger partial charge is 0.0101 e. The summed E-state index contributed by atoms with van der Waals surface area (Å²) in [4.78, 5) is 3.56. The van der Waals surface area contributed by atoms with E-state index in [0.29, 0.717) is 0 Å². The standard InChI is InChI=1S/C96H159N/c1-7-25-67(26-8-1)91-79-37-19-22-40-82(79)94(70-31-13-4-14-32-70)88-61-73(49-58-85(88)91)64-43-52-76(53-44-64)97(77-54-45-65(46-55-77)74-50-59-86-89(62-74)95(71-33-15-5-16-34-71)83-41-23-20-38-80(83)92(86)68-27-9-2-10-28-68)78-56-47-66(48-57-78)75-51-60-87-90(63-75)96(72-35-17-6-18-36-72)84-42-24-21-39-81(84)93(87)69-29-11-3-12-30-69/h64-96H,1-63H2. The Balaban J connectivity index is 0.583. The van der Waals surface area contributed by atoms with Gasteiger partial charge in [-0.25, -0.2) is 0 Å². The highest BCUT2D eigenvalue weighted by Crippen LogP contribution is 2.68. The summed E-state index contributed by atoms with van der Waals surface area (Å²) in [6.07, 6.45) is 101. The summed E-state index contributed by atoms with van der Waals surface area (Å²) < 4.78 is 0. The first-order valence-corrected chi connectivity index (χ1v) is 47.9. The molecule has 21 unspecified atom stereocenters. The van der Waals surface area contributed by atoms with E-state index < -0.39 is 0 Å². The van der Waals surface area contributed by atoms with Gasteiger partial charge in [0.05, 0.1) is 0 Å². The predicted octanol–water partition coefficient (Wildman–Crippen LogP) is 27.7. The van der Waals surface area contributed by atoms with Crippen LogP contribution in [0.15, 0.2) is 0 Å². The van der Waals surface area contributed by atoms with E-state index in [0.717, 1.165) is 196 Å². The van der Waals surface area contributed by atoms with Crippen molar-refractivity contribution < 1.29 is 0 Å². The second-order valence-corrected chi connectivity index (χ2v) is 42.5. The molecule has 548 valence electrons. The molecule has 1 nitrogen and oxygen atoms in total. The van der Waals surface area contributed by atoms with Crippen molar-refractivity contribution in [1.29, 1.82) is 0 Å². The lowest BCUT2D eigenvalue weighted by Crippen LogP contribution is -2.55. The minimum Gasteiger partial charge on any atom is -0.294 e. The Morgan fingerprint density at radius 2 is 0.278 bits per heavy atom. The molecular formula is C96H159N. The molecular weight excluding hydrogens is 1170 g/mol. The van der Waals surface area contributed by atoms with Crippen molar-refractivity contribution in [3.63, 3.8) is 0 Å². The summed E-state index contributed by atoms with van der Waals surface area (Å²) in [5, 5.41) is 0. The van der Waals surface area contributed by atoms with Gasteiger partial charge >= 0.3 is 0 Å². The van der Waals surface area contributed by atoms with Crippen molar-refractivity contribution in [1.82, 2.24) is 4.90 Å². The monoisotopic (exact) mass is 1330 g/mol. The third kappa shape index (κ3) is 14.0. The van der Waals surface area contributed by atoms with Crippen LogP contribution in [0.25, 0.3) is 0 Å². The van der Waals surface area contributed by atoms with Crippen molar-refractivity contribution >= 4 is 0 Å². The van der Waals surface area contributed by atoms with E-state index in [9.17, 15) is 0 Å². The van der Waals surface area contributed by atoms with Crippen molar-refractivity contribution in [3.05, 3.63) is 0 Å². The van der Waals surface area contributed by atoms with E-state index in [1.54, 1.807) is 405 Å². The van der Waals surface area contributed by atoms with E-state index in [4.69, 9.17) is 0 Å². The van der Waals surface area contributed by atoms with Gasteiger partial charge in [-0.15, -0.1) is 0 Å². The molecule has 1 heteroatoms. The van der Waals surface area contributed by atoms with Gasteiger partial charge in [0.15, 0.2) is 0 Å². The molecule has 0 N–H and O–H groups in total. The molecule has 0 saturated heterocycles. The first-order valence-electron chi connectivity index (χ1n) is 47.9. The average molecular weight is 1330 g/mol. The van der Waals surface area contributed by atoms with Gasteiger partial charge in [-0.05, 0) is 351 Å². The Labute approximate surface area is 601 Å². The lowest BCUT2D eigenvalue weighted by atomic mass is 9.44. The number of nitrogens with zero attached hydrogens (tertiary/aromatic N) is 1. The largest absolute Gasteiger partial charge is 0.294 e. The maximum absolute atomic E-state index is 3.56. The summed E-state index contributed by atoms with van der Waals surface area (Å²) in [5.41, 5.74) is 0. The van der Waals surface area contributed by atoms with E-state index in [-0.39, 0.29) is 0 Å². The van der Waals surface area contributed by atoms with Crippen molar-refractivity contribution in [2.75, 3.05) is 0 Å². The quantitative estimate of drug-likeness (QED) is 0.188. The van der Waals surface area contributed by atoms with E-state index in [1.165, 1.54) is 0 Å². The molecule has 18 aliphatic carbocycles. The lowest BCUT2D eigenvalue weighted by molar-refractivity contribution is -0.126. The van der Waals surface area contributed by atoms with Crippen LogP contribution in [-0.4, -0.2) is 23.0 Å². The molecule has 0 aromatic heterocycles. The Kier molecular flexibility index (Phi) is 22.5. The summed E-state index contributed by atoms with van der Waals surface area (Å²) in [5.74, 6) is 33.0. The second kappa shape index (κ2) is 31.8. The summed E-state index contributed by atoms with van der Waals surface area (Å²) >= 11 is 0. The van der Waals surface area contributed by atoms with Crippen LogP contribution < -0.4 is 0 Å². The minimum absolute atomic E-state index is 0.905. The number of hydrogen-bond donors (Lipinski definition) is 0. The molecule has 18 saturated carbocycles. The highest BCUT2D eigenvalue weighted by Gasteiger charge is 2.61. The van der Waals surface area contributed by atoms with E-state index in [2.05, 4.69) is 4.90 Å². The lowest BCUT2D eigenvalue weighted by Gasteiger charge is -2.61. The van der Waals surface area contributed by atoms with Crippen LogP contribution in [0.1, 0.15) is 405 Å². The molecule has 18 rings (SSSR count). The van der Waals surface area contributed by atoms with E-state index >= 15 is 0 Å². The van der Waals surface area contributed by atoms with Crippen molar-refractivity contribution in [2.45, 2.75) is 423 Å². The topological polar surface area (TPSA) is 3.24 Å². The fourth-order valence-corrected chi connectivity index (χ4v) is 36.0. The highest BCUT2D eigenvalue weighted by molar-refractivity contribution is 5.10. The Morgan fingerprint density at radius 3 is 0.485 bits per heavy atom. The first-order chi connectivity index (χ1) is 48.1. The fourth-order valence-electron chi connectivity index (χ4n) is 36.0. The van der Waals surface area contributed by atoms with Gasteiger partial charge in [-0.1, -0.05) is 231 Å². The fraction of sp³-hybridized carbons (Fsp3) is 1.00. The molecule has 0 aromatic carbocycles. The molecule has 0 spiro atoms. The molecule has 0 amide bonds. The maximum Gasteiger partial charge on any atom is 0.0101 e. The molecule has 0 aliphatic heterocycles. The third-order valence-electron chi connectivity index (χ3n) is 39.2. The SMILES string of the molecule is C1CCC(C2C3CCCCC3C(C3CCCCC3)C3CC(C4CCC(N(C5CCC(C6CCC7C(C6)C(C6CCCCC6)C6CCCCC6C7C6CCCCC6)CC5)C5CCC(C6CCC7C(C6)C(C6CCCCC6)C6CCCCC6C7C6CCCCC6)CC5)CC4)CCC32)CC1. The molecule has 0 bridgehead atoms. The van der Waals surface area contributed by atoms with Gasteiger partial charge in [-0.3, -0.25) is 4.90 Å². The number of rotatable bonds is 12. The Bertz CT molecular complexity index is 2120. The Hall–Kier alpha value is -0.0400. The van der Waals surface area contributed by atoms with Crippen LogP contribution in [-0.2, 0) is 0 Å². The van der Waals surface area contributed by atoms with Gasteiger partial charge < -0.3 is 0 Å². The van der Waals surface area contributed by atoms with Gasteiger partial charge in [-0.2, -0.15) is 0 Å².